The number of nitrogens with zero attached hydrogens (tertiary/aromatic N) is 1. The minimum Gasteiger partial charge on any atom is -0.399 e. The van der Waals surface area contributed by atoms with Crippen molar-refractivity contribution in [3.63, 3.8) is 0 Å². The fourth-order valence-electron chi connectivity index (χ4n) is 3.23. The van der Waals surface area contributed by atoms with Crippen LogP contribution < -0.4 is 10.5 Å². The molecule has 1 atom stereocenters. The first-order chi connectivity index (χ1) is 12.6. The largest absolute Gasteiger partial charge is 0.417 e. The number of alkyl halides is 3. The van der Waals surface area contributed by atoms with E-state index in [1.807, 2.05) is 0 Å². The van der Waals surface area contributed by atoms with Crippen LogP contribution in [0.5, 0.6) is 0 Å². The van der Waals surface area contributed by atoms with Gasteiger partial charge in [-0.2, -0.15) is 18.4 Å². The predicted molar refractivity (Wildman–Crippen MR) is 93.0 cm³/mol. The third-order valence-corrected chi connectivity index (χ3v) is 5.98. The maximum Gasteiger partial charge on any atom is 0.417 e. The van der Waals surface area contributed by atoms with Crippen molar-refractivity contribution >= 4 is 15.7 Å². The van der Waals surface area contributed by atoms with Crippen molar-refractivity contribution in [2.75, 3.05) is 5.73 Å². The number of nitrogens with one attached hydrogen (secondary N) is 1. The summed E-state index contributed by atoms with van der Waals surface area (Å²) < 4.78 is 67.2. The monoisotopic (exact) mass is 395 g/mol. The third-order valence-electron chi connectivity index (χ3n) is 4.51. The van der Waals surface area contributed by atoms with Crippen molar-refractivity contribution in [3.05, 3.63) is 58.7 Å². The quantitative estimate of drug-likeness (QED) is 0.778. The molecule has 3 N–H and O–H groups in total. The van der Waals surface area contributed by atoms with Gasteiger partial charge in [0.1, 0.15) is 0 Å². The number of anilines is 1. The smallest absolute Gasteiger partial charge is 0.399 e. The lowest BCUT2D eigenvalue weighted by Crippen LogP contribution is -2.31. The summed E-state index contributed by atoms with van der Waals surface area (Å²) in [6.07, 6.45) is -2.82. The number of aryl methyl sites for hydroxylation is 1. The molecule has 1 aliphatic rings. The molecule has 2 aromatic carbocycles. The zero-order valence-electron chi connectivity index (χ0n) is 14.0. The van der Waals surface area contributed by atoms with Crippen molar-refractivity contribution in [1.82, 2.24) is 4.72 Å². The summed E-state index contributed by atoms with van der Waals surface area (Å²) in [5.74, 6) is 0. The van der Waals surface area contributed by atoms with Crippen LogP contribution in [0.15, 0.2) is 41.3 Å². The van der Waals surface area contributed by atoms with Gasteiger partial charge in [0.05, 0.1) is 22.1 Å². The van der Waals surface area contributed by atoms with E-state index in [4.69, 9.17) is 11.0 Å². The molecule has 0 spiro atoms. The van der Waals surface area contributed by atoms with E-state index in [-0.39, 0.29) is 0 Å². The van der Waals surface area contributed by atoms with Gasteiger partial charge in [0.2, 0.25) is 10.0 Å². The van der Waals surface area contributed by atoms with E-state index >= 15 is 0 Å². The molecule has 0 bridgehead atoms. The van der Waals surface area contributed by atoms with E-state index in [1.54, 1.807) is 18.2 Å². The number of fused-ring (bicyclic) bond motifs is 1. The molecule has 1 aliphatic carbocycles. The van der Waals surface area contributed by atoms with Crippen molar-refractivity contribution in [2.24, 2.45) is 0 Å². The van der Waals surface area contributed by atoms with Gasteiger partial charge in [0, 0.05) is 11.7 Å². The number of hydrogen-bond donors (Lipinski definition) is 2. The van der Waals surface area contributed by atoms with Gasteiger partial charge >= 0.3 is 6.18 Å². The van der Waals surface area contributed by atoms with Crippen LogP contribution in [0.2, 0.25) is 0 Å². The van der Waals surface area contributed by atoms with Gasteiger partial charge in [-0.05, 0) is 60.7 Å². The Morgan fingerprint density at radius 1 is 1.19 bits per heavy atom. The zero-order valence-corrected chi connectivity index (χ0v) is 14.9. The molecule has 0 saturated heterocycles. The number of halogens is 3. The maximum atomic E-state index is 13.1. The number of benzene rings is 2. The highest BCUT2D eigenvalue weighted by atomic mass is 32.2. The van der Waals surface area contributed by atoms with Crippen LogP contribution in [0, 0.1) is 11.3 Å². The van der Waals surface area contributed by atoms with E-state index in [0.29, 0.717) is 18.2 Å². The lowest BCUT2D eigenvalue weighted by molar-refractivity contribution is -0.137. The van der Waals surface area contributed by atoms with Gasteiger partial charge in [-0.1, -0.05) is 6.07 Å². The first kappa shape index (κ1) is 19.2. The summed E-state index contributed by atoms with van der Waals surface area (Å²) in [4.78, 5) is -0.531. The molecule has 1 unspecified atom stereocenters. The number of nitrogens with two attached hydrogens (primary N) is 1. The normalized spacial score (nSPS) is 17.2. The molecule has 2 aromatic rings. The average Bonchev–Trinajstić information content (AvgIpc) is 2.60. The van der Waals surface area contributed by atoms with Crippen LogP contribution in [0.4, 0.5) is 18.9 Å². The summed E-state index contributed by atoms with van der Waals surface area (Å²) in [6.45, 7) is 0. The summed E-state index contributed by atoms with van der Waals surface area (Å²) in [6, 6.07) is 8.42. The second-order valence-corrected chi connectivity index (χ2v) is 8.06. The van der Waals surface area contributed by atoms with E-state index in [0.717, 1.165) is 36.1 Å². The molecule has 0 saturated carbocycles. The van der Waals surface area contributed by atoms with E-state index in [9.17, 15) is 21.6 Å². The van der Waals surface area contributed by atoms with Crippen molar-refractivity contribution in [2.45, 2.75) is 36.4 Å². The first-order valence-corrected chi connectivity index (χ1v) is 9.62. The highest BCUT2D eigenvalue weighted by Gasteiger charge is 2.35. The Morgan fingerprint density at radius 3 is 2.59 bits per heavy atom. The molecule has 0 amide bonds. The molecule has 0 radical (unpaired) electrons. The van der Waals surface area contributed by atoms with Gasteiger partial charge < -0.3 is 5.73 Å². The topological polar surface area (TPSA) is 96.0 Å². The van der Waals surface area contributed by atoms with Crippen LogP contribution in [0.3, 0.4) is 0 Å². The number of hydrogen-bond acceptors (Lipinski definition) is 4. The van der Waals surface area contributed by atoms with E-state index < -0.39 is 38.3 Å². The van der Waals surface area contributed by atoms with Gasteiger partial charge in [-0.3, -0.25) is 0 Å². The minimum atomic E-state index is -4.83. The van der Waals surface area contributed by atoms with Gasteiger partial charge in [0.15, 0.2) is 0 Å². The van der Waals surface area contributed by atoms with Crippen molar-refractivity contribution in [3.8, 4) is 6.07 Å². The average molecular weight is 395 g/mol. The van der Waals surface area contributed by atoms with E-state index in [1.165, 1.54) is 6.07 Å². The number of sulfonamides is 1. The summed E-state index contributed by atoms with van der Waals surface area (Å²) >= 11 is 0. The Balaban J connectivity index is 1.97. The van der Waals surface area contributed by atoms with Crippen LogP contribution >= 0.6 is 0 Å². The van der Waals surface area contributed by atoms with E-state index in [2.05, 4.69) is 4.72 Å². The Bertz CT molecular complexity index is 1030. The fraction of sp³-hybridized carbons (Fsp3) is 0.278. The highest BCUT2D eigenvalue weighted by molar-refractivity contribution is 7.89. The van der Waals surface area contributed by atoms with Crippen LogP contribution in [0.1, 0.15) is 41.1 Å². The molecule has 5 nitrogen and oxygen atoms in total. The van der Waals surface area contributed by atoms with Crippen LogP contribution in [-0.4, -0.2) is 8.42 Å². The molecule has 142 valence electrons. The molecule has 3 rings (SSSR count). The first-order valence-electron chi connectivity index (χ1n) is 8.14. The Kier molecular flexibility index (Phi) is 4.88. The van der Waals surface area contributed by atoms with Crippen LogP contribution in [-0.2, 0) is 22.6 Å². The lowest BCUT2D eigenvalue weighted by atomic mass is 9.88. The SMILES string of the molecule is N#Cc1ccc(S(=O)(=O)NC2CCCc3cc(N)ccc32)cc1C(F)(F)F. The predicted octanol–water partition coefficient (Wildman–Crippen LogP) is 3.52. The van der Waals surface area contributed by atoms with Gasteiger partial charge in [-0.25, -0.2) is 13.1 Å². The Morgan fingerprint density at radius 2 is 1.93 bits per heavy atom. The second-order valence-electron chi connectivity index (χ2n) is 6.34. The van der Waals surface area contributed by atoms with Gasteiger partial charge in [0.25, 0.3) is 0 Å². The van der Waals surface area contributed by atoms with Crippen molar-refractivity contribution < 1.29 is 21.6 Å². The minimum absolute atomic E-state index is 0.494. The van der Waals surface area contributed by atoms with Gasteiger partial charge in [-0.15, -0.1) is 0 Å². The standard InChI is InChI=1S/C18H16F3N3O2S/c19-18(20,21)16-9-14(6-4-12(16)10-22)27(25,26)24-17-3-1-2-11-8-13(23)5-7-15(11)17/h4-9,17,24H,1-3,23H2. The molecular formula is C18H16F3N3O2S. The molecule has 9 heteroatoms. The Labute approximate surface area is 154 Å². The van der Waals surface area contributed by atoms with Crippen molar-refractivity contribution in [1.29, 1.82) is 5.26 Å². The highest BCUT2D eigenvalue weighted by Crippen LogP contribution is 2.35. The third kappa shape index (κ3) is 3.91. The fourth-order valence-corrected chi connectivity index (χ4v) is 4.51. The molecule has 0 aliphatic heterocycles. The molecular weight excluding hydrogens is 379 g/mol. The summed E-state index contributed by atoms with van der Waals surface area (Å²) in [5, 5.41) is 8.84. The maximum absolute atomic E-state index is 13.1. The second kappa shape index (κ2) is 6.87. The molecule has 0 heterocycles. The number of nitrogen functional groups attached to an aromatic ring is 1. The number of rotatable bonds is 3. The molecule has 27 heavy (non-hydrogen) atoms. The Hall–Kier alpha value is -2.57. The molecule has 0 aromatic heterocycles. The summed E-state index contributed by atoms with van der Waals surface area (Å²) in [5.41, 5.74) is 6.12. The summed E-state index contributed by atoms with van der Waals surface area (Å²) in [7, 11) is -4.21. The lowest BCUT2D eigenvalue weighted by Gasteiger charge is -2.26. The molecule has 0 fully saturated rings. The number of nitriles is 1. The van der Waals surface area contributed by atoms with Crippen LogP contribution in [0.25, 0.3) is 0 Å². The zero-order chi connectivity index (χ0) is 19.8.